The van der Waals surface area contributed by atoms with E-state index in [0.29, 0.717) is 10.9 Å². The summed E-state index contributed by atoms with van der Waals surface area (Å²) in [5.74, 6) is 0.316. The molecule has 0 aliphatic heterocycles. The smallest absolute Gasteiger partial charge is 0.115 e. The third-order valence-corrected chi connectivity index (χ3v) is 3.65. The number of para-hydroxylation sites is 1. The van der Waals surface area contributed by atoms with E-state index in [1.165, 1.54) is 5.56 Å². The molecule has 102 valence electrons. The minimum Gasteiger partial charge on any atom is -0.369 e. The standard InChI is InChI=1S/C17H17ClN2/c1-13(14-7-3-2-4-8-14)11-15(12-19)20-17-10-6-5-9-16(17)18/h2-10,13,15,20H,11H2,1H3. The molecule has 2 unspecified atom stereocenters. The second kappa shape index (κ2) is 6.98. The summed E-state index contributed by atoms with van der Waals surface area (Å²) < 4.78 is 0. The Hall–Kier alpha value is -1.98. The normalized spacial score (nSPS) is 13.2. The van der Waals surface area contributed by atoms with Crippen molar-refractivity contribution >= 4 is 17.3 Å². The maximum atomic E-state index is 9.32. The monoisotopic (exact) mass is 284 g/mol. The van der Waals surface area contributed by atoms with Crippen molar-refractivity contribution < 1.29 is 0 Å². The first-order valence-electron chi connectivity index (χ1n) is 6.66. The lowest BCUT2D eigenvalue weighted by Crippen LogP contribution is -2.19. The van der Waals surface area contributed by atoms with E-state index >= 15 is 0 Å². The highest BCUT2D eigenvalue weighted by atomic mass is 35.5. The van der Waals surface area contributed by atoms with Crippen LogP contribution in [0.5, 0.6) is 0 Å². The van der Waals surface area contributed by atoms with E-state index in [2.05, 4.69) is 30.4 Å². The lowest BCUT2D eigenvalue weighted by atomic mass is 9.94. The van der Waals surface area contributed by atoms with Gasteiger partial charge in [-0.1, -0.05) is 61.0 Å². The fourth-order valence-corrected chi connectivity index (χ4v) is 2.37. The molecular formula is C17H17ClN2. The Kier molecular flexibility index (Phi) is 5.03. The van der Waals surface area contributed by atoms with Gasteiger partial charge in [0.05, 0.1) is 16.8 Å². The molecular weight excluding hydrogens is 268 g/mol. The fourth-order valence-electron chi connectivity index (χ4n) is 2.18. The Bertz CT molecular complexity index is 589. The van der Waals surface area contributed by atoms with Crippen LogP contribution in [0.25, 0.3) is 0 Å². The molecule has 0 aliphatic carbocycles. The number of anilines is 1. The lowest BCUT2D eigenvalue weighted by Gasteiger charge is -2.18. The SMILES string of the molecule is CC(CC(C#N)Nc1ccccc1Cl)c1ccccc1. The summed E-state index contributed by atoms with van der Waals surface area (Å²) >= 11 is 6.11. The van der Waals surface area contributed by atoms with E-state index in [9.17, 15) is 5.26 Å². The quantitative estimate of drug-likeness (QED) is 0.853. The molecule has 0 heterocycles. The molecule has 0 aromatic heterocycles. The zero-order valence-electron chi connectivity index (χ0n) is 11.4. The molecule has 0 aliphatic rings. The molecule has 0 amide bonds. The first kappa shape index (κ1) is 14.4. The molecule has 0 radical (unpaired) electrons. The number of nitriles is 1. The zero-order chi connectivity index (χ0) is 14.4. The molecule has 3 heteroatoms. The predicted molar refractivity (Wildman–Crippen MR) is 83.9 cm³/mol. The van der Waals surface area contributed by atoms with Crippen molar-refractivity contribution in [3.63, 3.8) is 0 Å². The van der Waals surface area contributed by atoms with Gasteiger partial charge in [-0.15, -0.1) is 0 Å². The Morgan fingerprint density at radius 2 is 1.75 bits per heavy atom. The summed E-state index contributed by atoms with van der Waals surface area (Å²) in [5, 5.41) is 13.2. The summed E-state index contributed by atoms with van der Waals surface area (Å²) in [7, 11) is 0. The summed E-state index contributed by atoms with van der Waals surface area (Å²) in [6.45, 7) is 2.13. The highest BCUT2D eigenvalue weighted by Gasteiger charge is 2.14. The highest BCUT2D eigenvalue weighted by molar-refractivity contribution is 6.33. The van der Waals surface area contributed by atoms with Crippen LogP contribution < -0.4 is 5.32 Å². The van der Waals surface area contributed by atoms with Crippen LogP contribution in [-0.2, 0) is 0 Å². The summed E-state index contributed by atoms with van der Waals surface area (Å²) in [4.78, 5) is 0. The van der Waals surface area contributed by atoms with Gasteiger partial charge in [0.1, 0.15) is 6.04 Å². The van der Waals surface area contributed by atoms with E-state index in [1.54, 1.807) is 0 Å². The van der Waals surface area contributed by atoms with Crippen molar-refractivity contribution in [2.24, 2.45) is 0 Å². The second-order valence-electron chi connectivity index (χ2n) is 4.85. The van der Waals surface area contributed by atoms with Crippen molar-refractivity contribution in [2.45, 2.75) is 25.3 Å². The minimum absolute atomic E-state index is 0.259. The van der Waals surface area contributed by atoms with Gasteiger partial charge in [-0.05, 0) is 30.0 Å². The largest absolute Gasteiger partial charge is 0.369 e. The summed E-state index contributed by atoms with van der Waals surface area (Å²) in [6.07, 6.45) is 0.742. The molecule has 1 N–H and O–H groups in total. The number of halogens is 1. The third kappa shape index (κ3) is 3.76. The van der Waals surface area contributed by atoms with E-state index < -0.39 is 0 Å². The van der Waals surface area contributed by atoms with Gasteiger partial charge in [-0.2, -0.15) is 5.26 Å². The number of hydrogen-bond acceptors (Lipinski definition) is 2. The average molecular weight is 285 g/mol. The van der Waals surface area contributed by atoms with Gasteiger partial charge in [0.25, 0.3) is 0 Å². The van der Waals surface area contributed by atoms with Crippen LogP contribution in [0, 0.1) is 11.3 Å². The van der Waals surface area contributed by atoms with E-state index in [4.69, 9.17) is 11.6 Å². The predicted octanol–water partition coefficient (Wildman–Crippen LogP) is 4.84. The average Bonchev–Trinajstić information content (AvgIpc) is 2.49. The van der Waals surface area contributed by atoms with Crippen LogP contribution in [0.15, 0.2) is 54.6 Å². The number of nitrogens with one attached hydrogen (secondary N) is 1. The number of benzene rings is 2. The first-order valence-corrected chi connectivity index (χ1v) is 7.04. The maximum Gasteiger partial charge on any atom is 0.115 e. The molecule has 0 fully saturated rings. The van der Waals surface area contributed by atoms with Gasteiger partial charge in [-0.3, -0.25) is 0 Å². The van der Waals surface area contributed by atoms with Crippen LogP contribution in [0.1, 0.15) is 24.8 Å². The molecule has 2 aromatic carbocycles. The van der Waals surface area contributed by atoms with Gasteiger partial charge >= 0.3 is 0 Å². The highest BCUT2D eigenvalue weighted by Crippen LogP contribution is 2.25. The van der Waals surface area contributed by atoms with Crippen LogP contribution in [0.2, 0.25) is 5.02 Å². The topological polar surface area (TPSA) is 35.8 Å². The zero-order valence-corrected chi connectivity index (χ0v) is 12.1. The fraction of sp³-hybridized carbons (Fsp3) is 0.235. The van der Waals surface area contributed by atoms with E-state index in [1.807, 2.05) is 42.5 Å². The van der Waals surface area contributed by atoms with E-state index in [0.717, 1.165) is 12.1 Å². The van der Waals surface area contributed by atoms with Gasteiger partial charge in [0.15, 0.2) is 0 Å². The van der Waals surface area contributed by atoms with Gasteiger partial charge in [-0.25, -0.2) is 0 Å². The molecule has 2 aromatic rings. The van der Waals surface area contributed by atoms with Gasteiger partial charge in [0, 0.05) is 0 Å². The summed E-state index contributed by atoms with van der Waals surface area (Å²) in [6, 6.07) is 19.8. The van der Waals surface area contributed by atoms with Crippen molar-refractivity contribution in [1.29, 1.82) is 5.26 Å². The molecule has 2 rings (SSSR count). The van der Waals surface area contributed by atoms with Gasteiger partial charge in [0.2, 0.25) is 0 Å². The molecule has 0 spiro atoms. The Morgan fingerprint density at radius 1 is 1.10 bits per heavy atom. The van der Waals surface area contributed by atoms with Crippen LogP contribution in [0.4, 0.5) is 5.69 Å². The number of rotatable bonds is 5. The molecule has 2 nitrogen and oxygen atoms in total. The number of nitrogens with zero attached hydrogens (tertiary/aromatic N) is 1. The first-order chi connectivity index (χ1) is 9.70. The molecule has 20 heavy (non-hydrogen) atoms. The number of hydrogen-bond donors (Lipinski definition) is 1. The van der Waals surface area contributed by atoms with Crippen molar-refractivity contribution in [2.75, 3.05) is 5.32 Å². The molecule has 2 atom stereocenters. The minimum atomic E-state index is -0.259. The van der Waals surface area contributed by atoms with Crippen molar-refractivity contribution in [3.05, 3.63) is 65.2 Å². The molecule has 0 saturated carbocycles. The second-order valence-corrected chi connectivity index (χ2v) is 5.26. The van der Waals surface area contributed by atoms with Crippen molar-refractivity contribution in [3.8, 4) is 6.07 Å². The Labute approximate surface area is 125 Å². The van der Waals surface area contributed by atoms with Crippen molar-refractivity contribution in [1.82, 2.24) is 0 Å². The van der Waals surface area contributed by atoms with Crippen LogP contribution in [-0.4, -0.2) is 6.04 Å². The Balaban J connectivity index is 2.03. The molecule has 0 bridgehead atoms. The third-order valence-electron chi connectivity index (χ3n) is 3.32. The van der Waals surface area contributed by atoms with E-state index in [-0.39, 0.29) is 6.04 Å². The summed E-state index contributed by atoms with van der Waals surface area (Å²) in [5.41, 5.74) is 2.05. The van der Waals surface area contributed by atoms with Gasteiger partial charge < -0.3 is 5.32 Å². The Morgan fingerprint density at radius 3 is 2.40 bits per heavy atom. The molecule has 0 saturated heterocycles. The van der Waals surface area contributed by atoms with Crippen LogP contribution in [0.3, 0.4) is 0 Å². The maximum absolute atomic E-state index is 9.32. The lowest BCUT2D eigenvalue weighted by molar-refractivity contribution is 0.652. The van der Waals surface area contributed by atoms with Crippen LogP contribution >= 0.6 is 11.6 Å².